The van der Waals surface area contributed by atoms with Crippen LogP contribution >= 0.6 is 11.3 Å². The number of aromatic nitrogens is 4. The third-order valence-electron chi connectivity index (χ3n) is 6.29. The molecule has 0 aliphatic carbocycles. The van der Waals surface area contributed by atoms with Crippen LogP contribution in [0.25, 0.3) is 11.4 Å². The van der Waals surface area contributed by atoms with Crippen LogP contribution in [0.2, 0.25) is 0 Å². The molecule has 4 heterocycles. The van der Waals surface area contributed by atoms with E-state index in [0.29, 0.717) is 12.1 Å². The van der Waals surface area contributed by atoms with Crippen LogP contribution in [-0.2, 0) is 19.5 Å². The molecule has 0 bridgehead atoms. The van der Waals surface area contributed by atoms with E-state index in [1.54, 1.807) is 23.5 Å². The summed E-state index contributed by atoms with van der Waals surface area (Å²) in [5.74, 6) is 0.888. The maximum absolute atomic E-state index is 14.7. The van der Waals surface area contributed by atoms with Crippen LogP contribution < -0.4 is 5.32 Å². The van der Waals surface area contributed by atoms with E-state index in [9.17, 15) is 9.18 Å². The summed E-state index contributed by atoms with van der Waals surface area (Å²) in [5.41, 5.74) is 3.29. The van der Waals surface area contributed by atoms with Crippen molar-refractivity contribution in [3.8, 4) is 11.4 Å². The summed E-state index contributed by atoms with van der Waals surface area (Å²) in [6, 6.07) is 10.7. The number of nitrogens with one attached hydrogen (secondary N) is 1. The lowest BCUT2D eigenvalue weighted by Crippen LogP contribution is -2.14. The SMILES string of the molecule is Cc1cc(C(=O)Nc2cc(-c3nnc4n3CCCCC4)ccc2F)c(C)n1Cc1cccs1. The molecule has 0 radical (unpaired) electrons. The Labute approximate surface area is 196 Å². The molecule has 0 fully saturated rings. The van der Waals surface area contributed by atoms with Gasteiger partial charge in [0.1, 0.15) is 11.6 Å². The van der Waals surface area contributed by atoms with Crippen molar-refractivity contribution in [2.75, 3.05) is 5.32 Å². The van der Waals surface area contributed by atoms with Crippen LogP contribution in [0.3, 0.4) is 0 Å². The van der Waals surface area contributed by atoms with Crippen molar-refractivity contribution in [3.05, 3.63) is 75.2 Å². The molecule has 33 heavy (non-hydrogen) atoms. The van der Waals surface area contributed by atoms with Crippen molar-refractivity contribution in [1.82, 2.24) is 19.3 Å². The number of hydrogen-bond donors (Lipinski definition) is 1. The topological polar surface area (TPSA) is 64.7 Å². The average Bonchev–Trinajstić information content (AvgIpc) is 3.48. The van der Waals surface area contributed by atoms with Gasteiger partial charge in [0.25, 0.3) is 5.91 Å². The highest BCUT2D eigenvalue weighted by atomic mass is 32.1. The highest BCUT2D eigenvalue weighted by molar-refractivity contribution is 7.09. The summed E-state index contributed by atoms with van der Waals surface area (Å²) in [6.45, 7) is 5.47. The van der Waals surface area contributed by atoms with Crippen LogP contribution in [0.5, 0.6) is 0 Å². The second kappa shape index (κ2) is 8.94. The minimum absolute atomic E-state index is 0.145. The number of anilines is 1. The maximum atomic E-state index is 14.7. The summed E-state index contributed by atoms with van der Waals surface area (Å²) in [5, 5.41) is 13.5. The van der Waals surface area contributed by atoms with E-state index in [1.165, 1.54) is 17.4 Å². The van der Waals surface area contributed by atoms with Gasteiger partial charge in [0.05, 0.1) is 17.8 Å². The largest absolute Gasteiger partial charge is 0.343 e. The second-order valence-corrected chi connectivity index (χ2v) is 9.53. The summed E-state index contributed by atoms with van der Waals surface area (Å²) in [6.07, 6.45) is 4.25. The number of amides is 1. The first-order chi connectivity index (χ1) is 16.0. The van der Waals surface area contributed by atoms with E-state index >= 15 is 0 Å². The zero-order chi connectivity index (χ0) is 22.9. The van der Waals surface area contributed by atoms with Crippen molar-refractivity contribution >= 4 is 22.9 Å². The summed E-state index contributed by atoms with van der Waals surface area (Å²) >= 11 is 1.68. The molecule has 0 atom stereocenters. The van der Waals surface area contributed by atoms with Crippen molar-refractivity contribution in [3.63, 3.8) is 0 Å². The van der Waals surface area contributed by atoms with Gasteiger partial charge in [-0.1, -0.05) is 12.5 Å². The lowest BCUT2D eigenvalue weighted by Gasteiger charge is -2.11. The van der Waals surface area contributed by atoms with Gasteiger partial charge < -0.3 is 14.5 Å². The Morgan fingerprint density at radius 3 is 2.85 bits per heavy atom. The molecule has 0 saturated carbocycles. The Hall–Kier alpha value is -3.26. The lowest BCUT2D eigenvalue weighted by molar-refractivity contribution is 0.102. The molecule has 6 nitrogen and oxygen atoms in total. The van der Waals surface area contributed by atoms with Gasteiger partial charge in [-0.2, -0.15) is 0 Å². The van der Waals surface area contributed by atoms with Gasteiger partial charge in [-0.15, -0.1) is 21.5 Å². The molecule has 0 spiro atoms. The number of carbonyl (C=O) groups is 1. The minimum Gasteiger partial charge on any atom is -0.343 e. The highest BCUT2D eigenvalue weighted by Gasteiger charge is 2.20. The fraction of sp³-hybridized carbons (Fsp3) is 0.320. The van der Waals surface area contributed by atoms with E-state index in [1.807, 2.05) is 31.4 Å². The summed E-state index contributed by atoms with van der Waals surface area (Å²) < 4.78 is 18.9. The zero-order valence-electron chi connectivity index (χ0n) is 18.8. The van der Waals surface area contributed by atoms with Gasteiger partial charge in [-0.25, -0.2) is 4.39 Å². The smallest absolute Gasteiger partial charge is 0.257 e. The first-order valence-corrected chi connectivity index (χ1v) is 12.1. The number of thiophene rings is 1. The van der Waals surface area contributed by atoms with E-state index in [4.69, 9.17) is 0 Å². The van der Waals surface area contributed by atoms with E-state index in [2.05, 4.69) is 30.7 Å². The Morgan fingerprint density at radius 2 is 2.03 bits per heavy atom. The fourth-order valence-electron chi connectivity index (χ4n) is 4.48. The zero-order valence-corrected chi connectivity index (χ0v) is 19.6. The van der Waals surface area contributed by atoms with Crippen molar-refractivity contribution < 1.29 is 9.18 Å². The maximum Gasteiger partial charge on any atom is 0.257 e. The Kier molecular flexibility index (Phi) is 5.85. The van der Waals surface area contributed by atoms with Crippen LogP contribution in [0, 0.1) is 19.7 Å². The van der Waals surface area contributed by atoms with Gasteiger partial charge in [-0.05, 0) is 62.4 Å². The quantitative estimate of drug-likeness (QED) is 0.420. The number of hydrogen-bond acceptors (Lipinski definition) is 4. The molecule has 3 aromatic heterocycles. The lowest BCUT2D eigenvalue weighted by atomic mass is 10.1. The van der Waals surface area contributed by atoms with E-state index in [-0.39, 0.29) is 11.6 Å². The Bertz CT molecular complexity index is 1300. The third kappa shape index (κ3) is 4.23. The molecular formula is C25H26FN5OS. The molecule has 1 aromatic carbocycles. The van der Waals surface area contributed by atoms with E-state index < -0.39 is 5.82 Å². The molecule has 8 heteroatoms. The molecule has 0 saturated heterocycles. The van der Waals surface area contributed by atoms with Crippen molar-refractivity contribution in [2.45, 2.75) is 52.6 Å². The number of halogens is 1. The Morgan fingerprint density at radius 1 is 1.15 bits per heavy atom. The summed E-state index contributed by atoms with van der Waals surface area (Å²) in [7, 11) is 0. The number of benzene rings is 1. The van der Waals surface area contributed by atoms with E-state index in [0.717, 1.165) is 54.4 Å². The molecule has 1 aliphatic rings. The highest BCUT2D eigenvalue weighted by Crippen LogP contribution is 2.27. The molecule has 170 valence electrons. The monoisotopic (exact) mass is 463 g/mol. The minimum atomic E-state index is -0.477. The number of nitrogens with zero attached hydrogens (tertiary/aromatic N) is 4. The predicted octanol–water partition coefficient (Wildman–Crippen LogP) is 5.59. The van der Waals surface area contributed by atoms with Crippen molar-refractivity contribution in [2.24, 2.45) is 0 Å². The Balaban J connectivity index is 1.41. The molecule has 4 aromatic rings. The van der Waals surface area contributed by atoms with Gasteiger partial charge in [0.15, 0.2) is 5.82 Å². The van der Waals surface area contributed by atoms with Crippen LogP contribution in [0.15, 0.2) is 41.8 Å². The number of aryl methyl sites for hydroxylation is 2. The molecule has 1 aliphatic heterocycles. The number of rotatable bonds is 5. The standard InChI is InChI=1S/C25H26FN5OS/c1-16-13-20(17(2)31(16)15-19-7-6-12-33-19)25(32)27-22-14-18(9-10-21(22)26)24-29-28-23-8-4-3-5-11-30(23)24/h6-7,9-10,12-14H,3-5,8,11,15H2,1-2H3,(H,27,32). The molecular weight excluding hydrogens is 437 g/mol. The first kappa shape index (κ1) is 21.6. The van der Waals surface area contributed by atoms with Gasteiger partial charge in [0.2, 0.25) is 0 Å². The van der Waals surface area contributed by atoms with Crippen LogP contribution in [0.4, 0.5) is 10.1 Å². The number of fused-ring (bicyclic) bond motifs is 1. The first-order valence-electron chi connectivity index (χ1n) is 11.2. The summed E-state index contributed by atoms with van der Waals surface area (Å²) in [4.78, 5) is 14.3. The predicted molar refractivity (Wildman–Crippen MR) is 128 cm³/mol. The molecule has 5 rings (SSSR count). The second-order valence-electron chi connectivity index (χ2n) is 8.50. The normalized spacial score (nSPS) is 13.5. The van der Waals surface area contributed by atoms with Crippen LogP contribution in [-0.4, -0.2) is 25.2 Å². The van der Waals surface area contributed by atoms with Gasteiger partial charge >= 0.3 is 0 Å². The molecule has 1 N–H and O–H groups in total. The third-order valence-corrected chi connectivity index (χ3v) is 7.16. The molecule has 1 amide bonds. The van der Waals surface area contributed by atoms with Gasteiger partial charge in [-0.3, -0.25) is 4.79 Å². The van der Waals surface area contributed by atoms with Crippen LogP contribution in [0.1, 0.15) is 51.7 Å². The molecule has 0 unspecified atom stereocenters. The van der Waals surface area contributed by atoms with Crippen molar-refractivity contribution in [1.29, 1.82) is 0 Å². The average molecular weight is 464 g/mol. The fourth-order valence-corrected chi connectivity index (χ4v) is 5.17. The van der Waals surface area contributed by atoms with Gasteiger partial charge in [0, 0.05) is 34.8 Å². The number of carbonyl (C=O) groups excluding carboxylic acids is 1.